The zero-order valence-electron chi connectivity index (χ0n) is 24.3. The molecule has 0 amide bonds. The topological polar surface area (TPSA) is 154 Å². The van der Waals surface area contributed by atoms with Gasteiger partial charge in [-0.15, -0.1) is 0 Å². The first-order valence-electron chi connectivity index (χ1n) is 13.3. The molecular formula is C33H32N4O6. The van der Waals surface area contributed by atoms with Gasteiger partial charge in [-0.3, -0.25) is 9.36 Å². The van der Waals surface area contributed by atoms with Gasteiger partial charge in [-0.25, -0.2) is 4.79 Å². The molecule has 0 saturated heterocycles. The summed E-state index contributed by atoms with van der Waals surface area (Å²) in [7, 11) is 4.37. The lowest BCUT2D eigenvalue weighted by Crippen LogP contribution is -2.27. The molecule has 0 spiro atoms. The van der Waals surface area contributed by atoms with Crippen molar-refractivity contribution in [1.29, 1.82) is 0 Å². The average molecular weight is 581 g/mol. The minimum Gasteiger partial charge on any atom is -0.496 e. The Bertz CT molecular complexity index is 1870. The second kappa shape index (κ2) is 11.7. The molecule has 220 valence electrons. The summed E-state index contributed by atoms with van der Waals surface area (Å²) >= 11 is 0. The Hall–Kier alpha value is -5.64. The summed E-state index contributed by atoms with van der Waals surface area (Å²) in [6.07, 6.45) is 0. The molecule has 0 atom stereocenters. The molecular weight excluding hydrogens is 548 g/mol. The lowest BCUT2D eigenvalue weighted by atomic mass is 9.94. The minimum absolute atomic E-state index is 0.0293. The molecule has 0 unspecified atom stereocenters. The van der Waals surface area contributed by atoms with Gasteiger partial charge in [0, 0.05) is 33.9 Å². The van der Waals surface area contributed by atoms with Gasteiger partial charge in [0.25, 0.3) is 5.56 Å². The number of rotatable bonds is 8. The van der Waals surface area contributed by atoms with Gasteiger partial charge >= 0.3 is 5.97 Å². The molecule has 0 bridgehead atoms. The molecule has 10 heteroatoms. The van der Waals surface area contributed by atoms with Crippen molar-refractivity contribution in [2.45, 2.75) is 13.5 Å². The molecule has 5 rings (SSSR count). The van der Waals surface area contributed by atoms with E-state index in [0.29, 0.717) is 61.9 Å². The fraction of sp³-hybridized carbons (Fsp3) is 0.152. The van der Waals surface area contributed by atoms with E-state index in [0.717, 1.165) is 11.1 Å². The number of methoxy groups -OCH3 is 3. The summed E-state index contributed by atoms with van der Waals surface area (Å²) in [5.74, 6) is 0.823. The number of nitrogens with two attached hydrogens (primary N) is 3. The largest absolute Gasteiger partial charge is 0.496 e. The van der Waals surface area contributed by atoms with Crippen molar-refractivity contribution >= 4 is 33.8 Å². The molecule has 0 aliphatic heterocycles. The van der Waals surface area contributed by atoms with E-state index in [1.54, 1.807) is 87.0 Å². The Morgan fingerprint density at radius 2 is 1.40 bits per heavy atom. The second-order valence-corrected chi connectivity index (χ2v) is 9.96. The van der Waals surface area contributed by atoms with Crippen LogP contribution >= 0.6 is 0 Å². The second-order valence-electron chi connectivity index (χ2n) is 9.96. The highest BCUT2D eigenvalue weighted by molar-refractivity contribution is 6.07. The minimum atomic E-state index is -0.705. The molecule has 5 aromatic rings. The van der Waals surface area contributed by atoms with E-state index in [1.807, 2.05) is 6.92 Å². The van der Waals surface area contributed by atoms with E-state index < -0.39 is 11.5 Å². The summed E-state index contributed by atoms with van der Waals surface area (Å²) in [4.78, 5) is 27.7. The van der Waals surface area contributed by atoms with Gasteiger partial charge in [0.15, 0.2) is 0 Å². The van der Waals surface area contributed by atoms with Gasteiger partial charge < -0.3 is 36.1 Å². The van der Waals surface area contributed by atoms with Crippen molar-refractivity contribution in [2.24, 2.45) is 0 Å². The van der Waals surface area contributed by atoms with Crippen LogP contribution in [0.5, 0.6) is 17.2 Å². The normalized spacial score (nSPS) is 10.9. The number of benzene rings is 4. The van der Waals surface area contributed by atoms with Crippen LogP contribution < -0.4 is 37.0 Å². The molecule has 1 heterocycles. The number of anilines is 3. The van der Waals surface area contributed by atoms with Crippen LogP contribution in [0.4, 0.5) is 17.1 Å². The average Bonchev–Trinajstić information content (AvgIpc) is 3.00. The maximum absolute atomic E-state index is 14.2. The molecule has 0 aliphatic rings. The zero-order chi connectivity index (χ0) is 30.8. The highest BCUT2D eigenvalue weighted by atomic mass is 16.5. The van der Waals surface area contributed by atoms with Crippen molar-refractivity contribution in [3.8, 4) is 34.1 Å². The number of carbonyl (C=O) groups excluding carboxylic acids is 1. The van der Waals surface area contributed by atoms with Gasteiger partial charge in [0.2, 0.25) is 0 Å². The van der Waals surface area contributed by atoms with Crippen molar-refractivity contribution in [3.63, 3.8) is 0 Å². The van der Waals surface area contributed by atoms with Crippen LogP contribution in [0.2, 0.25) is 0 Å². The SMILES string of the molecule is COC(=O)c1c(-c2cc(OC)c(C)c(OC)c2)c2ccc(OCc3cc(N)cc(N)c3)cc2c(=O)n1-c1ccc(N)cc1. The zero-order valence-corrected chi connectivity index (χ0v) is 24.3. The third-order valence-corrected chi connectivity index (χ3v) is 7.17. The number of nitrogens with zero attached hydrogens (tertiary/aromatic N) is 1. The molecule has 0 saturated carbocycles. The van der Waals surface area contributed by atoms with Gasteiger partial charge in [0.1, 0.15) is 29.5 Å². The fourth-order valence-corrected chi connectivity index (χ4v) is 5.15. The van der Waals surface area contributed by atoms with Crippen LogP contribution in [-0.4, -0.2) is 31.9 Å². The van der Waals surface area contributed by atoms with E-state index in [4.69, 9.17) is 36.1 Å². The maximum Gasteiger partial charge on any atom is 0.355 e. The summed E-state index contributed by atoms with van der Waals surface area (Å²) < 4.78 is 23.9. The van der Waals surface area contributed by atoms with E-state index in [2.05, 4.69) is 0 Å². The molecule has 0 fully saturated rings. The van der Waals surface area contributed by atoms with Gasteiger partial charge in [-0.2, -0.15) is 0 Å². The number of aromatic nitrogens is 1. The highest BCUT2D eigenvalue weighted by Crippen LogP contribution is 2.40. The summed E-state index contributed by atoms with van der Waals surface area (Å²) in [5, 5.41) is 0.813. The summed E-state index contributed by atoms with van der Waals surface area (Å²) in [6, 6.07) is 20.6. The van der Waals surface area contributed by atoms with Crippen LogP contribution in [0.3, 0.4) is 0 Å². The Morgan fingerprint density at radius 3 is 1.98 bits per heavy atom. The smallest absolute Gasteiger partial charge is 0.355 e. The van der Waals surface area contributed by atoms with Crippen molar-refractivity contribution in [3.05, 3.63) is 100.0 Å². The van der Waals surface area contributed by atoms with Crippen LogP contribution in [0.25, 0.3) is 27.6 Å². The highest BCUT2D eigenvalue weighted by Gasteiger charge is 2.26. The van der Waals surface area contributed by atoms with Gasteiger partial charge in [0.05, 0.1) is 26.7 Å². The van der Waals surface area contributed by atoms with Crippen LogP contribution in [-0.2, 0) is 11.3 Å². The first kappa shape index (κ1) is 28.9. The van der Waals surface area contributed by atoms with Crippen molar-refractivity contribution < 1.29 is 23.7 Å². The van der Waals surface area contributed by atoms with Crippen molar-refractivity contribution in [2.75, 3.05) is 38.5 Å². The van der Waals surface area contributed by atoms with Gasteiger partial charge in [-0.1, -0.05) is 0 Å². The molecule has 0 radical (unpaired) electrons. The number of carbonyl (C=O) groups is 1. The number of hydrogen-bond acceptors (Lipinski definition) is 9. The first-order chi connectivity index (χ1) is 20.6. The Balaban J connectivity index is 1.82. The third-order valence-electron chi connectivity index (χ3n) is 7.17. The van der Waals surface area contributed by atoms with Gasteiger partial charge in [-0.05, 0) is 96.2 Å². The number of fused-ring (bicyclic) bond motifs is 1. The molecule has 6 N–H and O–H groups in total. The summed E-state index contributed by atoms with van der Waals surface area (Å²) in [5.41, 5.74) is 21.9. The van der Waals surface area contributed by atoms with Crippen molar-refractivity contribution in [1.82, 2.24) is 4.57 Å². The Labute approximate surface area is 248 Å². The van der Waals surface area contributed by atoms with Crippen LogP contribution in [0.1, 0.15) is 21.6 Å². The Kier molecular flexibility index (Phi) is 7.85. The monoisotopic (exact) mass is 580 g/mol. The predicted octanol–water partition coefficient (Wildman–Crippen LogP) is 5.10. The number of esters is 1. The van der Waals surface area contributed by atoms with Crippen LogP contribution in [0.15, 0.2) is 77.6 Å². The first-order valence-corrected chi connectivity index (χ1v) is 13.3. The molecule has 1 aromatic heterocycles. The predicted molar refractivity (Wildman–Crippen MR) is 168 cm³/mol. The van der Waals surface area contributed by atoms with E-state index >= 15 is 0 Å². The maximum atomic E-state index is 14.2. The number of ether oxygens (including phenoxy) is 4. The van der Waals surface area contributed by atoms with E-state index in [1.165, 1.54) is 11.7 Å². The number of pyridine rings is 1. The quantitative estimate of drug-likeness (QED) is 0.168. The number of hydrogen-bond donors (Lipinski definition) is 3. The van der Waals surface area contributed by atoms with Crippen LogP contribution in [0, 0.1) is 6.92 Å². The standard InChI is InChI=1S/C33H32N4O6/c1-18-28(40-2)13-20(14-29(18)41-3)30-26-10-9-25(43-17-19-11-22(35)15-23(36)12-19)16-27(26)32(38)37(31(30)33(39)42-4)24-7-5-21(34)6-8-24/h5-16H,17,34-36H2,1-4H3. The lowest BCUT2D eigenvalue weighted by Gasteiger charge is -2.21. The molecule has 43 heavy (non-hydrogen) atoms. The fourth-order valence-electron chi connectivity index (χ4n) is 5.15. The molecule has 10 nitrogen and oxygen atoms in total. The number of nitrogen functional groups attached to an aromatic ring is 3. The molecule has 0 aliphatic carbocycles. The summed E-state index contributed by atoms with van der Waals surface area (Å²) in [6.45, 7) is 2.04. The third kappa shape index (κ3) is 5.50. The lowest BCUT2D eigenvalue weighted by molar-refractivity contribution is 0.0591. The van der Waals surface area contributed by atoms with E-state index in [9.17, 15) is 9.59 Å². The van der Waals surface area contributed by atoms with E-state index in [-0.39, 0.29) is 12.3 Å². The Morgan fingerprint density at radius 1 is 0.767 bits per heavy atom. The molecule has 4 aromatic carbocycles.